The van der Waals surface area contributed by atoms with Crippen LogP contribution in [0.1, 0.15) is 33.4 Å². The fraction of sp³-hybridized carbons (Fsp3) is 0.250. The molecule has 0 unspecified atom stereocenters. The molecule has 0 spiro atoms. The highest BCUT2D eigenvalue weighted by Gasteiger charge is 2.30. The Balaban J connectivity index is 1.10. The molecule has 0 aliphatic carbocycles. The van der Waals surface area contributed by atoms with Crippen LogP contribution in [0.3, 0.4) is 0 Å². The van der Waals surface area contributed by atoms with Gasteiger partial charge in [-0.25, -0.2) is 0 Å². The largest absolute Gasteiger partial charge is 0.373 e. The van der Waals surface area contributed by atoms with Gasteiger partial charge in [0.05, 0.1) is 26.4 Å². The van der Waals surface area contributed by atoms with Crippen LogP contribution in [-0.4, -0.2) is 48.5 Å². The summed E-state index contributed by atoms with van der Waals surface area (Å²) in [6.45, 7) is 9.96. The zero-order chi connectivity index (χ0) is 35.6. The lowest BCUT2D eigenvalue weighted by molar-refractivity contribution is -0.966. The molecule has 0 heterocycles. The van der Waals surface area contributed by atoms with E-state index in [0.29, 0.717) is 26.4 Å². The van der Waals surface area contributed by atoms with E-state index >= 15 is 0 Å². The third kappa shape index (κ3) is 11.9. The number of benzene rings is 6. The van der Waals surface area contributed by atoms with Gasteiger partial charge in [0.2, 0.25) is 0 Å². The van der Waals surface area contributed by atoms with Gasteiger partial charge < -0.3 is 18.4 Å². The van der Waals surface area contributed by atoms with Gasteiger partial charge in [0.25, 0.3) is 0 Å². The molecule has 6 rings (SSSR count). The van der Waals surface area contributed by atoms with Crippen molar-refractivity contribution in [1.82, 2.24) is 0 Å². The van der Waals surface area contributed by atoms with Crippen molar-refractivity contribution in [2.45, 2.75) is 39.3 Å². The van der Waals surface area contributed by atoms with Crippen molar-refractivity contribution < 1.29 is 18.4 Å². The third-order valence-corrected chi connectivity index (χ3v) is 9.96. The van der Waals surface area contributed by atoms with Gasteiger partial charge in [-0.2, -0.15) is 0 Å². The van der Waals surface area contributed by atoms with Gasteiger partial charge in [0.1, 0.15) is 52.4 Å². The van der Waals surface area contributed by atoms with Crippen molar-refractivity contribution in [3.63, 3.8) is 0 Å². The van der Waals surface area contributed by atoms with E-state index in [2.05, 4.69) is 182 Å². The van der Waals surface area contributed by atoms with Crippen molar-refractivity contribution in [2.24, 2.45) is 0 Å². The molecule has 4 heteroatoms. The molecule has 0 amide bonds. The van der Waals surface area contributed by atoms with Crippen LogP contribution in [0.5, 0.6) is 0 Å². The normalized spacial score (nSPS) is 11.8. The SMILES string of the molecule is c1ccc(C[N+](CCOCCOCC[N+](Cc2ccccc2)(Cc2ccccc2)Cc2ccccc2)(Cc2ccccc2)Cc2ccccc2)cc1. The molecule has 0 bridgehead atoms. The quantitative estimate of drug-likeness (QED) is 0.0553. The maximum absolute atomic E-state index is 6.38. The zero-order valence-electron chi connectivity index (χ0n) is 30.5. The van der Waals surface area contributed by atoms with Gasteiger partial charge in [0, 0.05) is 33.4 Å². The summed E-state index contributed by atoms with van der Waals surface area (Å²) in [4.78, 5) is 0. The minimum atomic E-state index is 0.581. The first-order chi connectivity index (χ1) is 25.7. The predicted molar refractivity (Wildman–Crippen MR) is 213 cm³/mol. The van der Waals surface area contributed by atoms with Crippen LogP contribution in [0.2, 0.25) is 0 Å². The van der Waals surface area contributed by atoms with Crippen LogP contribution in [0.4, 0.5) is 0 Å². The molecule has 0 aliphatic rings. The van der Waals surface area contributed by atoms with Crippen LogP contribution >= 0.6 is 0 Å². The highest BCUT2D eigenvalue weighted by atomic mass is 16.5. The molecule has 0 fully saturated rings. The average Bonchev–Trinajstić information content (AvgIpc) is 3.18. The Kier molecular flexibility index (Phi) is 14.0. The molecular formula is C48H54N2O2+2. The van der Waals surface area contributed by atoms with E-state index in [1.165, 1.54) is 33.4 Å². The maximum Gasteiger partial charge on any atom is 0.105 e. The number of hydrogen-bond acceptors (Lipinski definition) is 2. The van der Waals surface area contributed by atoms with Gasteiger partial charge >= 0.3 is 0 Å². The van der Waals surface area contributed by atoms with E-state index in [9.17, 15) is 0 Å². The lowest BCUT2D eigenvalue weighted by Crippen LogP contribution is -2.48. The zero-order valence-corrected chi connectivity index (χ0v) is 30.5. The molecule has 0 atom stereocenters. The predicted octanol–water partition coefficient (Wildman–Crippen LogP) is 9.85. The van der Waals surface area contributed by atoms with Crippen molar-refractivity contribution in [3.05, 3.63) is 215 Å². The molecule has 52 heavy (non-hydrogen) atoms. The van der Waals surface area contributed by atoms with Gasteiger partial charge in [0.15, 0.2) is 0 Å². The summed E-state index contributed by atoms with van der Waals surface area (Å²) in [5.74, 6) is 0. The Morgan fingerprint density at radius 3 is 0.635 bits per heavy atom. The van der Waals surface area contributed by atoms with E-state index in [1.54, 1.807) is 0 Å². The van der Waals surface area contributed by atoms with E-state index in [1.807, 2.05) is 0 Å². The summed E-state index contributed by atoms with van der Waals surface area (Å²) in [6, 6.07) is 65.4. The summed E-state index contributed by atoms with van der Waals surface area (Å²) in [5.41, 5.74) is 8.09. The van der Waals surface area contributed by atoms with Crippen molar-refractivity contribution in [1.29, 1.82) is 0 Å². The van der Waals surface area contributed by atoms with E-state index in [4.69, 9.17) is 9.47 Å². The monoisotopic (exact) mass is 690 g/mol. The molecule has 0 radical (unpaired) electrons. The Morgan fingerprint density at radius 1 is 0.250 bits per heavy atom. The summed E-state index contributed by atoms with van der Waals surface area (Å²) < 4.78 is 14.5. The molecule has 6 aromatic rings. The van der Waals surface area contributed by atoms with Crippen molar-refractivity contribution in [3.8, 4) is 0 Å². The summed E-state index contributed by atoms with van der Waals surface area (Å²) in [6.07, 6.45) is 0. The molecule has 0 saturated carbocycles. The third-order valence-electron chi connectivity index (χ3n) is 9.96. The highest BCUT2D eigenvalue weighted by molar-refractivity contribution is 5.19. The first kappa shape index (κ1) is 36.9. The second-order valence-corrected chi connectivity index (χ2v) is 14.2. The van der Waals surface area contributed by atoms with E-state index in [-0.39, 0.29) is 0 Å². The summed E-state index contributed by atoms with van der Waals surface area (Å²) in [5, 5.41) is 0. The Morgan fingerprint density at radius 2 is 0.442 bits per heavy atom. The highest BCUT2D eigenvalue weighted by Crippen LogP contribution is 2.26. The topological polar surface area (TPSA) is 18.5 Å². The minimum Gasteiger partial charge on any atom is -0.373 e. The van der Waals surface area contributed by atoms with Crippen LogP contribution in [0.15, 0.2) is 182 Å². The molecule has 6 aromatic carbocycles. The van der Waals surface area contributed by atoms with Gasteiger partial charge in [-0.3, -0.25) is 0 Å². The average molecular weight is 691 g/mol. The van der Waals surface area contributed by atoms with Crippen LogP contribution in [0.25, 0.3) is 0 Å². The molecule has 0 aromatic heterocycles. The number of rotatable bonds is 21. The van der Waals surface area contributed by atoms with Crippen molar-refractivity contribution in [2.75, 3.05) is 39.5 Å². The lowest BCUT2D eigenvalue weighted by atomic mass is 10.1. The van der Waals surface area contributed by atoms with Gasteiger partial charge in [-0.1, -0.05) is 182 Å². The fourth-order valence-corrected chi connectivity index (χ4v) is 7.47. The second kappa shape index (κ2) is 19.7. The Hall–Kier alpha value is -4.84. The fourth-order valence-electron chi connectivity index (χ4n) is 7.47. The van der Waals surface area contributed by atoms with E-state index in [0.717, 1.165) is 61.3 Å². The van der Waals surface area contributed by atoms with Crippen molar-refractivity contribution >= 4 is 0 Å². The van der Waals surface area contributed by atoms with Gasteiger partial charge in [-0.05, 0) is 0 Å². The first-order valence-corrected chi connectivity index (χ1v) is 18.8. The maximum atomic E-state index is 6.38. The van der Waals surface area contributed by atoms with Gasteiger partial charge in [-0.15, -0.1) is 0 Å². The lowest BCUT2D eigenvalue weighted by Gasteiger charge is -2.39. The van der Waals surface area contributed by atoms with Crippen LogP contribution < -0.4 is 0 Å². The minimum absolute atomic E-state index is 0.581. The van der Waals surface area contributed by atoms with Crippen LogP contribution in [-0.2, 0) is 48.7 Å². The number of quaternary nitrogens is 2. The second-order valence-electron chi connectivity index (χ2n) is 14.2. The summed E-state index contributed by atoms with van der Waals surface area (Å²) >= 11 is 0. The number of hydrogen-bond donors (Lipinski definition) is 0. The number of ether oxygens (including phenoxy) is 2. The first-order valence-electron chi connectivity index (χ1n) is 18.8. The van der Waals surface area contributed by atoms with Crippen LogP contribution in [0, 0.1) is 0 Å². The summed E-state index contributed by atoms with van der Waals surface area (Å²) in [7, 11) is 0. The molecule has 4 nitrogen and oxygen atoms in total. The smallest absolute Gasteiger partial charge is 0.105 e. The molecule has 0 N–H and O–H groups in total. The Labute approximate surface area is 311 Å². The molecular weight excluding hydrogens is 637 g/mol. The molecule has 0 saturated heterocycles. The number of nitrogens with zero attached hydrogens (tertiary/aromatic N) is 2. The molecule has 266 valence electrons. The molecule has 0 aliphatic heterocycles. The Bertz CT molecular complexity index is 1480. The standard InChI is InChI=1S/C48H54N2O2/c1-7-19-43(20-8-1)37-49(38-44-21-9-2-10-22-44,39-45-23-11-3-12-24-45)31-33-51-35-36-52-34-32-50(40-46-25-13-4-14-26-46,41-47-27-15-5-16-28-47)42-48-29-17-6-18-30-48/h1-30H,31-42H2/q+2. The van der Waals surface area contributed by atoms with E-state index < -0.39 is 0 Å².